The number of hydrogen-bond donors (Lipinski definition) is 2. The van der Waals surface area contributed by atoms with E-state index in [0.717, 1.165) is 24.3 Å². The van der Waals surface area contributed by atoms with Gasteiger partial charge in [0, 0.05) is 18.7 Å². The second-order valence-corrected chi connectivity index (χ2v) is 4.71. The first-order valence-corrected chi connectivity index (χ1v) is 6.16. The van der Waals surface area contributed by atoms with E-state index in [4.69, 9.17) is 0 Å². The van der Waals surface area contributed by atoms with E-state index in [1.165, 1.54) is 0 Å². The third kappa shape index (κ3) is 5.50. The minimum Gasteiger partial charge on any atom is -0.326 e. The number of carbonyl (C=O) groups is 1. The molecule has 0 saturated carbocycles. The van der Waals surface area contributed by atoms with E-state index in [0.29, 0.717) is 12.3 Å². The summed E-state index contributed by atoms with van der Waals surface area (Å²) in [4.78, 5) is 11.7. The summed E-state index contributed by atoms with van der Waals surface area (Å²) in [6.45, 7) is 7.99. The number of nitrogens with one attached hydrogen (secondary N) is 2. The molecule has 0 heterocycles. The van der Waals surface area contributed by atoms with Gasteiger partial charge in [-0.15, -0.1) is 0 Å². The van der Waals surface area contributed by atoms with Crippen molar-refractivity contribution in [2.24, 2.45) is 5.92 Å². The van der Waals surface area contributed by atoms with Crippen LogP contribution in [0.1, 0.15) is 25.8 Å². The average Bonchev–Trinajstić information content (AvgIpc) is 2.27. The van der Waals surface area contributed by atoms with Gasteiger partial charge >= 0.3 is 0 Å². The average molecular weight is 234 g/mol. The maximum atomic E-state index is 11.7. The number of carbonyl (C=O) groups excluding carboxylic acids is 1. The van der Waals surface area contributed by atoms with Gasteiger partial charge in [-0.1, -0.05) is 32.0 Å². The van der Waals surface area contributed by atoms with Gasteiger partial charge in [0.05, 0.1) is 0 Å². The molecule has 0 aliphatic heterocycles. The molecule has 2 N–H and O–H groups in total. The van der Waals surface area contributed by atoms with Crippen molar-refractivity contribution in [1.82, 2.24) is 5.32 Å². The first kappa shape index (κ1) is 13.7. The quantitative estimate of drug-likeness (QED) is 0.743. The van der Waals surface area contributed by atoms with Crippen LogP contribution < -0.4 is 10.6 Å². The van der Waals surface area contributed by atoms with Gasteiger partial charge in [-0.05, 0) is 31.0 Å². The zero-order valence-electron chi connectivity index (χ0n) is 10.9. The summed E-state index contributed by atoms with van der Waals surface area (Å²) in [7, 11) is 0. The lowest BCUT2D eigenvalue weighted by atomic mass is 10.2. The van der Waals surface area contributed by atoms with Crippen LogP contribution in [0.4, 0.5) is 5.69 Å². The molecule has 3 nitrogen and oxygen atoms in total. The molecule has 0 saturated heterocycles. The van der Waals surface area contributed by atoms with Crippen LogP contribution in [-0.4, -0.2) is 19.0 Å². The van der Waals surface area contributed by atoms with Crippen LogP contribution in [0.3, 0.4) is 0 Å². The van der Waals surface area contributed by atoms with Gasteiger partial charge in [0.15, 0.2) is 0 Å². The molecule has 0 atom stereocenters. The summed E-state index contributed by atoms with van der Waals surface area (Å²) < 4.78 is 0. The summed E-state index contributed by atoms with van der Waals surface area (Å²) >= 11 is 0. The van der Waals surface area contributed by atoms with E-state index < -0.39 is 0 Å². The second-order valence-electron chi connectivity index (χ2n) is 4.71. The van der Waals surface area contributed by atoms with Crippen LogP contribution in [0, 0.1) is 12.8 Å². The lowest BCUT2D eigenvalue weighted by Gasteiger charge is -2.09. The third-order valence-electron chi connectivity index (χ3n) is 2.50. The van der Waals surface area contributed by atoms with Crippen molar-refractivity contribution < 1.29 is 4.79 Å². The Morgan fingerprint density at radius 1 is 1.29 bits per heavy atom. The van der Waals surface area contributed by atoms with E-state index in [2.05, 4.69) is 24.5 Å². The van der Waals surface area contributed by atoms with Crippen molar-refractivity contribution in [1.29, 1.82) is 0 Å². The second kappa shape index (κ2) is 7.07. The van der Waals surface area contributed by atoms with Gasteiger partial charge in [-0.2, -0.15) is 0 Å². The Morgan fingerprint density at radius 3 is 2.65 bits per heavy atom. The predicted molar refractivity (Wildman–Crippen MR) is 72.1 cm³/mol. The molecule has 1 rings (SSSR count). The summed E-state index contributed by atoms with van der Waals surface area (Å²) in [5.74, 6) is 0.685. The Labute approximate surface area is 104 Å². The fraction of sp³-hybridized carbons (Fsp3) is 0.500. The normalized spacial score (nSPS) is 10.6. The number of rotatable bonds is 6. The van der Waals surface area contributed by atoms with Gasteiger partial charge in [0.25, 0.3) is 0 Å². The fourth-order valence-corrected chi connectivity index (χ4v) is 1.52. The summed E-state index contributed by atoms with van der Waals surface area (Å²) in [6, 6.07) is 7.82. The van der Waals surface area contributed by atoms with Crippen molar-refractivity contribution in [3.63, 3.8) is 0 Å². The Morgan fingerprint density at radius 2 is 2.00 bits per heavy atom. The van der Waals surface area contributed by atoms with Crippen LogP contribution in [0.2, 0.25) is 0 Å². The number of amides is 1. The van der Waals surface area contributed by atoms with E-state index in [1.807, 2.05) is 31.2 Å². The number of para-hydroxylation sites is 1. The van der Waals surface area contributed by atoms with Crippen molar-refractivity contribution in [2.45, 2.75) is 27.2 Å². The van der Waals surface area contributed by atoms with Gasteiger partial charge < -0.3 is 10.6 Å². The minimum atomic E-state index is 0.0653. The van der Waals surface area contributed by atoms with Crippen molar-refractivity contribution in [2.75, 3.05) is 18.4 Å². The van der Waals surface area contributed by atoms with Crippen molar-refractivity contribution in [3.05, 3.63) is 29.8 Å². The van der Waals surface area contributed by atoms with Gasteiger partial charge in [0.1, 0.15) is 0 Å². The minimum absolute atomic E-state index is 0.0653. The number of aryl methyl sites for hydroxylation is 1. The SMILES string of the molecule is Cc1ccccc1NC(=O)CCNCC(C)C. The highest BCUT2D eigenvalue weighted by atomic mass is 16.1. The highest BCUT2D eigenvalue weighted by molar-refractivity contribution is 5.91. The smallest absolute Gasteiger partial charge is 0.225 e. The highest BCUT2D eigenvalue weighted by Crippen LogP contribution is 2.12. The molecular weight excluding hydrogens is 212 g/mol. The van der Waals surface area contributed by atoms with Crippen LogP contribution >= 0.6 is 0 Å². The molecule has 0 fully saturated rings. The molecule has 0 bridgehead atoms. The topological polar surface area (TPSA) is 41.1 Å². The molecule has 0 radical (unpaired) electrons. The third-order valence-corrected chi connectivity index (χ3v) is 2.50. The maximum Gasteiger partial charge on any atom is 0.225 e. The van der Waals surface area contributed by atoms with Crippen molar-refractivity contribution >= 4 is 11.6 Å². The Balaban J connectivity index is 2.28. The molecule has 0 aromatic heterocycles. The van der Waals surface area contributed by atoms with E-state index >= 15 is 0 Å². The molecule has 0 aliphatic carbocycles. The number of anilines is 1. The molecule has 17 heavy (non-hydrogen) atoms. The van der Waals surface area contributed by atoms with E-state index in [9.17, 15) is 4.79 Å². The van der Waals surface area contributed by atoms with Gasteiger partial charge in [-0.25, -0.2) is 0 Å². The standard InChI is InChI=1S/C14H22N2O/c1-11(2)10-15-9-8-14(17)16-13-7-5-4-6-12(13)3/h4-7,11,15H,8-10H2,1-3H3,(H,16,17). The van der Waals surface area contributed by atoms with E-state index in [-0.39, 0.29) is 5.91 Å². The fourth-order valence-electron chi connectivity index (χ4n) is 1.52. The molecule has 0 aliphatic rings. The lowest BCUT2D eigenvalue weighted by Crippen LogP contribution is -2.25. The predicted octanol–water partition coefficient (Wildman–Crippen LogP) is 2.57. The molecule has 1 aromatic rings. The lowest BCUT2D eigenvalue weighted by molar-refractivity contribution is -0.116. The molecule has 3 heteroatoms. The van der Waals surface area contributed by atoms with Crippen LogP contribution in [0.5, 0.6) is 0 Å². The first-order valence-electron chi connectivity index (χ1n) is 6.16. The summed E-state index contributed by atoms with van der Waals surface area (Å²) in [6.07, 6.45) is 0.515. The largest absolute Gasteiger partial charge is 0.326 e. The van der Waals surface area contributed by atoms with Crippen LogP contribution in [0.15, 0.2) is 24.3 Å². The van der Waals surface area contributed by atoms with Crippen molar-refractivity contribution in [3.8, 4) is 0 Å². The Hall–Kier alpha value is -1.35. The zero-order chi connectivity index (χ0) is 12.7. The zero-order valence-corrected chi connectivity index (χ0v) is 10.9. The first-order chi connectivity index (χ1) is 8.09. The Bertz CT molecular complexity index is 361. The van der Waals surface area contributed by atoms with Gasteiger partial charge in [-0.3, -0.25) is 4.79 Å². The molecule has 0 spiro atoms. The molecule has 1 amide bonds. The summed E-state index contributed by atoms with van der Waals surface area (Å²) in [5.41, 5.74) is 2.00. The molecule has 0 unspecified atom stereocenters. The maximum absolute atomic E-state index is 11.7. The van der Waals surface area contributed by atoms with Crippen LogP contribution in [0.25, 0.3) is 0 Å². The van der Waals surface area contributed by atoms with Crippen LogP contribution in [-0.2, 0) is 4.79 Å². The molecule has 94 valence electrons. The molecule has 1 aromatic carbocycles. The summed E-state index contributed by atoms with van der Waals surface area (Å²) in [5, 5.41) is 6.17. The number of hydrogen-bond acceptors (Lipinski definition) is 2. The monoisotopic (exact) mass is 234 g/mol. The van der Waals surface area contributed by atoms with E-state index in [1.54, 1.807) is 0 Å². The number of benzene rings is 1. The van der Waals surface area contributed by atoms with Gasteiger partial charge in [0.2, 0.25) is 5.91 Å². The molecular formula is C14H22N2O. The highest BCUT2D eigenvalue weighted by Gasteiger charge is 2.03. The Kier molecular flexibility index (Phi) is 5.70.